The molecule has 8 nitrogen and oxygen atoms in total. The van der Waals surface area contributed by atoms with Crippen molar-refractivity contribution in [1.29, 1.82) is 0 Å². The number of carbonyl (C=O) groups excluding carboxylic acids is 1. The van der Waals surface area contributed by atoms with Crippen LogP contribution in [0.2, 0.25) is 0 Å². The zero-order chi connectivity index (χ0) is 20.9. The average Bonchev–Trinajstić information content (AvgIpc) is 3.24. The number of anilines is 1. The molecular formula is C22H21N5O3. The van der Waals surface area contributed by atoms with Crippen LogP contribution in [0.1, 0.15) is 18.5 Å². The molecule has 1 amide bonds. The summed E-state index contributed by atoms with van der Waals surface area (Å²) in [6.45, 7) is 1.83. The van der Waals surface area contributed by atoms with Crippen LogP contribution in [0.3, 0.4) is 0 Å². The molecule has 0 aliphatic rings. The molecule has 0 radical (unpaired) electrons. The van der Waals surface area contributed by atoms with Gasteiger partial charge in [0.1, 0.15) is 23.5 Å². The van der Waals surface area contributed by atoms with E-state index < -0.39 is 5.91 Å². The summed E-state index contributed by atoms with van der Waals surface area (Å²) < 4.78 is 5.30. The van der Waals surface area contributed by atoms with Crippen molar-refractivity contribution in [3.63, 3.8) is 0 Å². The maximum atomic E-state index is 11.1. The lowest BCUT2D eigenvalue weighted by atomic mass is 10.1. The van der Waals surface area contributed by atoms with E-state index in [1.165, 1.54) is 17.4 Å². The predicted molar refractivity (Wildman–Crippen MR) is 113 cm³/mol. The summed E-state index contributed by atoms with van der Waals surface area (Å²) in [6, 6.07) is 19.5. The van der Waals surface area contributed by atoms with Crippen LogP contribution < -0.4 is 15.5 Å². The number of nitrogens with one attached hydrogen (secondary N) is 3. The van der Waals surface area contributed by atoms with E-state index in [-0.39, 0.29) is 12.6 Å². The fraction of sp³-hybridized carbons (Fsp3) is 0.136. The number of benzene rings is 2. The van der Waals surface area contributed by atoms with Gasteiger partial charge < -0.3 is 15.0 Å². The molecule has 0 aliphatic heterocycles. The molecule has 2 aromatic heterocycles. The topological polar surface area (TPSA) is 112 Å². The molecule has 0 fully saturated rings. The third-order valence-corrected chi connectivity index (χ3v) is 4.74. The molecule has 8 heteroatoms. The Hall–Kier alpha value is -3.91. The van der Waals surface area contributed by atoms with E-state index in [4.69, 9.17) is 9.94 Å². The molecule has 0 aliphatic carbocycles. The normalized spacial score (nSPS) is 11.8. The third kappa shape index (κ3) is 4.23. The summed E-state index contributed by atoms with van der Waals surface area (Å²) in [5.74, 6) is 0.671. The first-order valence-electron chi connectivity index (χ1n) is 9.45. The molecule has 0 saturated heterocycles. The Balaban J connectivity index is 1.55. The van der Waals surface area contributed by atoms with Crippen molar-refractivity contribution >= 4 is 22.8 Å². The van der Waals surface area contributed by atoms with Gasteiger partial charge in [0, 0.05) is 11.7 Å². The number of aromatic amines is 1. The summed E-state index contributed by atoms with van der Waals surface area (Å²) in [6.07, 6.45) is 1.53. The first-order chi connectivity index (χ1) is 14.6. The van der Waals surface area contributed by atoms with Gasteiger partial charge in [-0.05, 0) is 48.4 Å². The molecule has 0 spiro atoms. The number of carbonyl (C=O) groups is 1. The Morgan fingerprint density at radius 1 is 1.13 bits per heavy atom. The molecule has 4 aromatic rings. The van der Waals surface area contributed by atoms with Crippen molar-refractivity contribution < 1.29 is 14.7 Å². The fourth-order valence-corrected chi connectivity index (χ4v) is 3.15. The van der Waals surface area contributed by atoms with Gasteiger partial charge in [-0.15, -0.1) is 0 Å². The van der Waals surface area contributed by atoms with Gasteiger partial charge in [0.15, 0.2) is 6.61 Å². The first kappa shape index (κ1) is 19.4. The lowest BCUT2D eigenvalue weighted by Gasteiger charge is -2.15. The lowest BCUT2D eigenvalue weighted by molar-refractivity contribution is -0.131. The van der Waals surface area contributed by atoms with E-state index in [0.29, 0.717) is 5.75 Å². The maximum absolute atomic E-state index is 11.1. The summed E-state index contributed by atoms with van der Waals surface area (Å²) >= 11 is 0. The fourth-order valence-electron chi connectivity index (χ4n) is 3.15. The number of ether oxygens (including phenoxy) is 1. The highest BCUT2D eigenvalue weighted by atomic mass is 16.5. The van der Waals surface area contributed by atoms with Gasteiger partial charge in [-0.25, -0.2) is 15.4 Å². The molecule has 2 heterocycles. The van der Waals surface area contributed by atoms with E-state index in [1.54, 1.807) is 12.1 Å². The quantitative estimate of drug-likeness (QED) is 0.277. The number of nitrogens with zero attached hydrogens (tertiary/aromatic N) is 2. The van der Waals surface area contributed by atoms with Gasteiger partial charge in [0.05, 0.1) is 5.39 Å². The Kier molecular flexibility index (Phi) is 5.58. The number of hydroxylamine groups is 1. The van der Waals surface area contributed by atoms with Gasteiger partial charge in [-0.3, -0.25) is 10.0 Å². The molecule has 2 aromatic carbocycles. The van der Waals surface area contributed by atoms with Crippen molar-refractivity contribution in [2.24, 2.45) is 0 Å². The maximum Gasteiger partial charge on any atom is 0.281 e. The first-order valence-corrected chi connectivity index (χ1v) is 9.45. The minimum Gasteiger partial charge on any atom is -0.484 e. The molecule has 0 saturated carbocycles. The van der Waals surface area contributed by atoms with Gasteiger partial charge in [-0.1, -0.05) is 30.3 Å². The molecule has 4 rings (SSSR count). The highest BCUT2D eigenvalue weighted by Gasteiger charge is 2.12. The molecule has 0 bridgehead atoms. The number of amides is 1. The highest BCUT2D eigenvalue weighted by molar-refractivity contribution is 5.91. The third-order valence-electron chi connectivity index (χ3n) is 4.74. The second kappa shape index (κ2) is 8.62. The minimum atomic E-state index is -0.613. The van der Waals surface area contributed by atoms with E-state index in [1.807, 2.05) is 36.4 Å². The van der Waals surface area contributed by atoms with Crippen LogP contribution in [-0.4, -0.2) is 32.7 Å². The standard InChI is InChI=1S/C22H21N5O3/c1-14(15-5-3-2-4-6-15)25-21-18-11-19(26-22(18)24-13-23-21)16-7-9-17(10-8-16)30-12-20(28)27-29/h2-11,13-14,29H,12H2,1H3,(H,27,28)(H2,23,24,25,26)/t14-/m1/s1. The number of hydrogen-bond donors (Lipinski definition) is 4. The van der Waals surface area contributed by atoms with Gasteiger partial charge >= 0.3 is 0 Å². The van der Waals surface area contributed by atoms with Crippen LogP contribution in [-0.2, 0) is 4.79 Å². The summed E-state index contributed by atoms with van der Waals surface area (Å²) in [7, 11) is 0. The van der Waals surface area contributed by atoms with E-state index in [9.17, 15) is 4.79 Å². The molecule has 0 unspecified atom stereocenters. The van der Waals surface area contributed by atoms with Gasteiger partial charge in [0.2, 0.25) is 0 Å². The largest absolute Gasteiger partial charge is 0.484 e. The Morgan fingerprint density at radius 2 is 1.90 bits per heavy atom. The van der Waals surface area contributed by atoms with Crippen LogP contribution in [0.15, 0.2) is 67.0 Å². The number of aromatic nitrogens is 3. The molecule has 152 valence electrons. The summed E-state index contributed by atoms with van der Waals surface area (Å²) in [5.41, 5.74) is 5.27. The number of fused-ring (bicyclic) bond motifs is 1. The summed E-state index contributed by atoms with van der Waals surface area (Å²) in [5, 5.41) is 12.9. The van der Waals surface area contributed by atoms with Crippen LogP contribution in [0.4, 0.5) is 5.82 Å². The van der Waals surface area contributed by atoms with Crippen LogP contribution in [0.5, 0.6) is 5.75 Å². The Morgan fingerprint density at radius 3 is 2.63 bits per heavy atom. The Labute approximate surface area is 172 Å². The van der Waals surface area contributed by atoms with Crippen molar-refractivity contribution in [2.45, 2.75) is 13.0 Å². The van der Waals surface area contributed by atoms with Gasteiger partial charge in [-0.2, -0.15) is 0 Å². The SMILES string of the molecule is C[C@@H](Nc1ncnc2[nH]c(-c3ccc(OCC(=O)NO)cc3)cc12)c1ccccc1. The van der Waals surface area contributed by atoms with Crippen LogP contribution in [0, 0.1) is 0 Å². The molecule has 1 atom stereocenters. The lowest BCUT2D eigenvalue weighted by Crippen LogP contribution is -2.25. The highest BCUT2D eigenvalue weighted by Crippen LogP contribution is 2.29. The van der Waals surface area contributed by atoms with E-state index in [0.717, 1.165) is 28.1 Å². The van der Waals surface area contributed by atoms with Crippen LogP contribution >= 0.6 is 0 Å². The molecular weight excluding hydrogens is 382 g/mol. The van der Waals surface area contributed by atoms with E-state index in [2.05, 4.69) is 39.3 Å². The van der Waals surface area contributed by atoms with Gasteiger partial charge in [0.25, 0.3) is 5.91 Å². The number of rotatable bonds is 7. The second-order valence-corrected chi connectivity index (χ2v) is 6.79. The van der Waals surface area contributed by atoms with Crippen molar-refractivity contribution in [1.82, 2.24) is 20.4 Å². The Bertz CT molecular complexity index is 1140. The number of hydrogen-bond acceptors (Lipinski definition) is 6. The minimum absolute atomic E-state index is 0.0928. The van der Waals surface area contributed by atoms with Crippen LogP contribution in [0.25, 0.3) is 22.3 Å². The smallest absolute Gasteiger partial charge is 0.281 e. The zero-order valence-corrected chi connectivity index (χ0v) is 16.3. The average molecular weight is 403 g/mol. The van der Waals surface area contributed by atoms with Crippen molar-refractivity contribution in [3.8, 4) is 17.0 Å². The zero-order valence-electron chi connectivity index (χ0n) is 16.3. The molecule has 30 heavy (non-hydrogen) atoms. The predicted octanol–water partition coefficient (Wildman–Crippen LogP) is 3.68. The summed E-state index contributed by atoms with van der Waals surface area (Å²) in [4.78, 5) is 23.1. The number of H-pyrrole nitrogens is 1. The molecule has 4 N–H and O–H groups in total. The monoisotopic (exact) mass is 403 g/mol. The van der Waals surface area contributed by atoms with E-state index >= 15 is 0 Å². The van der Waals surface area contributed by atoms with Crippen molar-refractivity contribution in [2.75, 3.05) is 11.9 Å². The van der Waals surface area contributed by atoms with Crippen molar-refractivity contribution in [3.05, 3.63) is 72.6 Å². The second-order valence-electron chi connectivity index (χ2n) is 6.79.